The highest BCUT2D eigenvalue weighted by Gasteiger charge is 2.27. The lowest BCUT2D eigenvalue weighted by atomic mass is 9.84. The Kier molecular flexibility index (Phi) is 5.82. The van der Waals surface area contributed by atoms with Crippen molar-refractivity contribution in [3.05, 3.63) is 35.4 Å². The number of hydrogen-bond donors (Lipinski definition) is 1. The highest BCUT2D eigenvalue weighted by Crippen LogP contribution is 2.27. The van der Waals surface area contributed by atoms with Crippen LogP contribution < -0.4 is 5.32 Å². The summed E-state index contributed by atoms with van der Waals surface area (Å²) in [6.07, 6.45) is 6.08. The second kappa shape index (κ2) is 7.41. The van der Waals surface area contributed by atoms with E-state index in [-0.39, 0.29) is 17.5 Å². The second-order valence-electron chi connectivity index (χ2n) is 6.27. The summed E-state index contributed by atoms with van der Waals surface area (Å²) in [5.41, 5.74) is 1.98. The monoisotopic (exact) mass is 309 g/mol. The van der Waals surface area contributed by atoms with Gasteiger partial charge in [-0.2, -0.15) is 0 Å². The molecule has 0 heterocycles. The van der Waals surface area contributed by atoms with E-state index in [1.165, 1.54) is 19.3 Å². The molecule has 0 amide bonds. The Bertz CT molecular complexity index is 548. The summed E-state index contributed by atoms with van der Waals surface area (Å²) in [5, 5.41) is 3.25. The predicted molar refractivity (Wildman–Crippen MR) is 88.1 cm³/mol. The van der Waals surface area contributed by atoms with Gasteiger partial charge in [-0.05, 0) is 43.9 Å². The lowest BCUT2D eigenvalue weighted by Gasteiger charge is -2.30. The van der Waals surface area contributed by atoms with E-state index >= 15 is 0 Å². The van der Waals surface area contributed by atoms with Gasteiger partial charge in [-0.1, -0.05) is 43.5 Å². The first-order chi connectivity index (χ1) is 10.0. The number of aryl methyl sites for hydroxylation is 1. The molecule has 118 valence electrons. The summed E-state index contributed by atoms with van der Waals surface area (Å²) in [7, 11) is -1.19. The largest absolute Gasteiger partial charge is 0.316 e. The summed E-state index contributed by atoms with van der Waals surface area (Å²) in [6, 6.07) is 7.85. The van der Waals surface area contributed by atoms with Gasteiger partial charge in [-0.3, -0.25) is 0 Å². The van der Waals surface area contributed by atoms with E-state index in [4.69, 9.17) is 0 Å². The normalized spacial score (nSPS) is 18.6. The average molecular weight is 309 g/mol. The Morgan fingerprint density at radius 3 is 2.48 bits per heavy atom. The van der Waals surface area contributed by atoms with Gasteiger partial charge in [0.15, 0.2) is 9.84 Å². The third-order valence-electron chi connectivity index (χ3n) is 4.66. The topological polar surface area (TPSA) is 46.2 Å². The molecule has 1 fully saturated rings. The van der Waals surface area contributed by atoms with E-state index in [1.807, 2.05) is 38.2 Å². The van der Waals surface area contributed by atoms with Crippen LogP contribution in [-0.2, 0) is 15.6 Å². The van der Waals surface area contributed by atoms with E-state index in [9.17, 15) is 8.42 Å². The Balaban J connectivity index is 2.03. The number of hydrogen-bond acceptors (Lipinski definition) is 3. The SMILES string of the molecule is CNC(CS(=O)(=O)Cc1ccccc1C)C1CCCCC1. The molecular formula is C17H27NO2S. The quantitative estimate of drug-likeness (QED) is 0.878. The molecule has 1 saturated carbocycles. The minimum atomic E-state index is -3.08. The minimum absolute atomic E-state index is 0.0966. The molecule has 1 N–H and O–H groups in total. The van der Waals surface area contributed by atoms with E-state index in [0.717, 1.165) is 24.0 Å². The Morgan fingerprint density at radius 1 is 1.19 bits per heavy atom. The van der Waals surface area contributed by atoms with Crippen molar-refractivity contribution in [1.29, 1.82) is 0 Å². The molecule has 0 spiro atoms. The first-order valence-electron chi connectivity index (χ1n) is 7.94. The molecule has 3 nitrogen and oxygen atoms in total. The van der Waals surface area contributed by atoms with Crippen molar-refractivity contribution in [2.75, 3.05) is 12.8 Å². The number of nitrogens with one attached hydrogen (secondary N) is 1. The molecule has 0 radical (unpaired) electrons. The van der Waals surface area contributed by atoms with Crippen LogP contribution in [0.1, 0.15) is 43.2 Å². The first kappa shape index (κ1) is 16.5. The van der Waals surface area contributed by atoms with E-state index in [1.54, 1.807) is 0 Å². The molecule has 2 rings (SSSR count). The van der Waals surface area contributed by atoms with Gasteiger partial charge in [0.1, 0.15) is 0 Å². The highest BCUT2D eigenvalue weighted by atomic mass is 32.2. The molecule has 0 saturated heterocycles. The summed E-state index contributed by atoms with van der Waals surface area (Å²) < 4.78 is 25.0. The summed E-state index contributed by atoms with van der Waals surface area (Å²) >= 11 is 0. The molecule has 1 aliphatic carbocycles. The minimum Gasteiger partial charge on any atom is -0.316 e. The van der Waals surface area contributed by atoms with Crippen molar-refractivity contribution < 1.29 is 8.42 Å². The zero-order chi connectivity index (χ0) is 15.3. The second-order valence-corrected chi connectivity index (χ2v) is 8.38. The van der Waals surface area contributed by atoms with Gasteiger partial charge in [0.05, 0.1) is 11.5 Å². The standard InChI is InChI=1S/C17H27NO2S/c1-14-8-6-7-11-16(14)12-21(19,20)13-17(18-2)15-9-4-3-5-10-15/h6-8,11,15,17-18H,3-5,9-10,12-13H2,1-2H3. The van der Waals surface area contributed by atoms with E-state index < -0.39 is 9.84 Å². The van der Waals surface area contributed by atoms with Crippen LogP contribution >= 0.6 is 0 Å². The van der Waals surface area contributed by atoms with Crippen LogP contribution in [0.3, 0.4) is 0 Å². The molecule has 1 aromatic rings. The highest BCUT2D eigenvalue weighted by molar-refractivity contribution is 7.90. The Labute approximate surface area is 129 Å². The maximum Gasteiger partial charge on any atom is 0.155 e. The van der Waals surface area contributed by atoms with Gasteiger partial charge in [0.2, 0.25) is 0 Å². The van der Waals surface area contributed by atoms with Gasteiger partial charge >= 0.3 is 0 Å². The molecule has 0 aromatic heterocycles. The van der Waals surface area contributed by atoms with Crippen LogP contribution in [0.4, 0.5) is 0 Å². The Morgan fingerprint density at radius 2 is 1.86 bits per heavy atom. The maximum absolute atomic E-state index is 12.5. The number of rotatable bonds is 6. The third-order valence-corrected chi connectivity index (χ3v) is 6.28. The fraction of sp³-hybridized carbons (Fsp3) is 0.647. The lowest BCUT2D eigenvalue weighted by molar-refractivity contribution is 0.292. The molecule has 4 heteroatoms. The van der Waals surface area contributed by atoms with Crippen molar-refractivity contribution in [2.24, 2.45) is 5.92 Å². The molecule has 0 aliphatic heterocycles. The van der Waals surface area contributed by atoms with Gasteiger partial charge < -0.3 is 5.32 Å². The van der Waals surface area contributed by atoms with Crippen LogP contribution in [0, 0.1) is 12.8 Å². The van der Waals surface area contributed by atoms with Crippen molar-refractivity contribution in [1.82, 2.24) is 5.32 Å². The summed E-state index contributed by atoms with van der Waals surface area (Å²) in [5.74, 6) is 0.919. The van der Waals surface area contributed by atoms with Gasteiger partial charge in [-0.15, -0.1) is 0 Å². The number of benzene rings is 1. The van der Waals surface area contributed by atoms with Crippen LogP contribution in [0.15, 0.2) is 24.3 Å². The third kappa shape index (κ3) is 4.82. The van der Waals surface area contributed by atoms with Crippen molar-refractivity contribution in [2.45, 2.75) is 50.8 Å². The zero-order valence-electron chi connectivity index (χ0n) is 13.1. The fourth-order valence-electron chi connectivity index (χ4n) is 3.33. The first-order valence-corrected chi connectivity index (χ1v) is 9.76. The maximum atomic E-state index is 12.5. The van der Waals surface area contributed by atoms with Gasteiger partial charge in [-0.25, -0.2) is 8.42 Å². The molecular weight excluding hydrogens is 282 g/mol. The van der Waals surface area contributed by atoms with Crippen LogP contribution in [0.2, 0.25) is 0 Å². The van der Waals surface area contributed by atoms with Crippen molar-refractivity contribution in [3.8, 4) is 0 Å². The molecule has 1 unspecified atom stereocenters. The van der Waals surface area contributed by atoms with Crippen LogP contribution in [0.5, 0.6) is 0 Å². The molecule has 1 aliphatic rings. The smallest absolute Gasteiger partial charge is 0.155 e. The molecule has 1 aromatic carbocycles. The molecule has 21 heavy (non-hydrogen) atoms. The summed E-state index contributed by atoms with van der Waals surface area (Å²) in [6.45, 7) is 1.97. The molecule has 0 bridgehead atoms. The van der Waals surface area contributed by atoms with Crippen molar-refractivity contribution >= 4 is 9.84 Å². The van der Waals surface area contributed by atoms with Gasteiger partial charge in [0.25, 0.3) is 0 Å². The van der Waals surface area contributed by atoms with Gasteiger partial charge in [0, 0.05) is 6.04 Å². The van der Waals surface area contributed by atoms with E-state index in [2.05, 4.69) is 5.32 Å². The van der Waals surface area contributed by atoms with Crippen molar-refractivity contribution in [3.63, 3.8) is 0 Å². The van der Waals surface area contributed by atoms with E-state index in [0.29, 0.717) is 5.92 Å². The van der Waals surface area contributed by atoms with Crippen LogP contribution in [-0.4, -0.2) is 27.3 Å². The summed E-state index contributed by atoms with van der Waals surface area (Å²) in [4.78, 5) is 0. The fourth-order valence-corrected chi connectivity index (χ4v) is 5.23. The Hall–Kier alpha value is -0.870. The zero-order valence-corrected chi connectivity index (χ0v) is 14.0. The average Bonchev–Trinajstić information content (AvgIpc) is 2.48. The molecule has 1 atom stereocenters. The number of sulfone groups is 1. The predicted octanol–water partition coefficient (Wildman–Crippen LogP) is 3.08. The van der Waals surface area contributed by atoms with Crippen LogP contribution in [0.25, 0.3) is 0 Å². The lowest BCUT2D eigenvalue weighted by Crippen LogP contribution is -2.40.